The highest BCUT2D eigenvalue weighted by molar-refractivity contribution is 7.10. The summed E-state index contributed by atoms with van der Waals surface area (Å²) < 4.78 is 0. The Labute approximate surface area is 80.4 Å². The van der Waals surface area contributed by atoms with Crippen molar-refractivity contribution in [3.05, 3.63) is 21.9 Å². The Morgan fingerprint density at radius 3 is 3.25 bits per heavy atom. The molecular formula is C9H9ClOS. The van der Waals surface area contributed by atoms with Crippen molar-refractivity contribution in [1.82, 2.24) is 0 Å². The molecule has 0 N–H and O–H groups in total. The summed E-state index contributed by atoms with van der Waals surface area (Å²) in [4.78, 5) is 12.3. The molecule has 1 heterocycles. The van der Waals surface area contributed by atoms with E-state index < -0.39 is 0 Å². The van der Waals surface area contributed by atoms with Crippen molar-refractivity contribution in [3.8, 4) is 0 Å². The van der Waals surface area contributed by atoms with Crippen molar-refractivity contribution in [2.75, 3.05) is 0 Å². The molecule has 12 heavy (non-hydrogen) atoms. The molecule has 1 atom stereocenters. The fourth-order valence-corrected chi connectivity index (χ4v) is 2.76. The lowest BCUT2D eigenvalue weighted by Crippen LogP contribution is -2.17. The number of carbonyl (C=O) groups is 1. The highest BCUT2D eigenvalue weighted by Crippen LogP contribution is 2.30. The Morgan fingerprint density at radius 2 is 2.50 bits per heavy atom. The third-order valence-electron chi connectivity index (χ3n) is 2.34. The lowest BCUT2D eigenvalue weighted by Gasteiger charge is -2.17. The van der Waals surface area contributed by atoms with Gasteiger partial charge in [-0.3, -0.25) is 4.79 Å². The maximum absolute atomic E-state index is 10.9. The van der Waals surface area contributed by atoms with Crippen molar-refractivity contribution in [2.45, 2.75) is 19.3 Å². The van der Waals surface area contributed by atoms with Gasteiger partial charge in [-0.1, -0.05) is 0 Å². The van der Waals surface area contributed by atoms with Crippen LogP contribution in [0.4, 0.5) is 0 Å². The predicted molar refractivity (Wildman–Crippen MR) is 50.7 cm³/mol. The molecule has 0 aliphatic heterocycles. The van der Waals surface area contributed by atoms with Gasteiger partial charge in [-0.05, 0) is 47.9 Å². The van der Waals surface area contributed by atoms with Crippen LogP contribution in [0.25, 0.3) is 0 Å². The van der Waals surface area contributed by atoms with Crippen molar-refractivity contribution < 1.29 is 4.79 Å². The first kappa shape index (κ1) is 8.27. The summed E-state index contributed by atoms with van der Waals surface area (Å²) in [6.07, 6.45) is 2.80. The van der Waals surface area contributed by atoms with E-state index in [-0.39, 0.29) is 11.2 Å². The van der Waals surface area contributed by atoms with Crippen molar-refractivity contribution in [1.29, 1.82) is 0 Å². The number of thiophene rings is 1. The van der Waals surface area contributed by atoms with Crippen LogP contribution in [0.3, 0.4) is 0 Å². The van der Waals surface area contributed by atoms with Crippen LogP contribution >= 0.6 is 22.9 Å². The number of hydrogen-bond donors (Lipinski definition) is 0. The third-order valence-corrected chi connectivity index (χ3v) is 3.68. The van der Waals surface area contributed by atoms with Gasteiger partial charge in [0.05, 0.1) is 0 Å². The number of aryl methyl sites for hydroxylation is 1. The van der Waals surface area contributed by atoms with E-state index in [9.17, 15) is 4.79 Å². The van der Waals surface area contributed by atoms with Gasteiger partial charge < -0.3 is 0 Å². The summed E-state index contributed by atoms with van der Waals surface area (Å²) in [6.45, 7) is 0. The highest BCUT2D eigenvalue weighted by Gasteiger charge is 2.23. The molecule has 0 saturated heterocycles. The van der Waals surface area contributed by atoms with Crippen LogP contribution in [0, 0.1) is 5.92 Å². The fourth-order valence-electron chi connectivity index (χ4n) is 1.63. The van der Waals surface area contributed by atoms with E-state index in [1.165, 1.54) is 10.4 Å². The van der Waals surface area contributed by atoms with E-state index in [0.29, 0.717) is 0 Å². The first-order chi connectivity index (χ1) is 5.77. The summed E-state index contributed by atoms with van der Waals surface area (Å²) >= 11 is 7.24. The van der Waals surface area contributed by atoms with Crippen LogP contribution in [-0.2, 0) is 17.6 Å². The molecule has 1 aromatic heterocycles. The van der Waals surface area contributed by atoms with Crippen LogP contribution in [0.5, 0.6) is 0 Å². The van der Waals surface area contributed by atoms with Gasteiger partial charge >= 0.3 is 0 Å². The molecule has 1 aromatic rings. The first-order valence-corrected chi connectivity index (χ1v) is 5.27. The van der Waals surface area contributed by atoms with Gasteiger partial charge in [0.25, 0.3) is 0 Å². The normalized spacial score (nSPS) is 21.9. The van der Waals surface area contributed by atoms with Gasteiger partial charge in [0.15, 0.2) is 0 Å². The summed E-state index contributed by atoms with van der Waals surface area (Å²) in [5.74, 6) is 0.0637. The molecule has 1 nitrogen and oxygen atoms in total. The lowest BCUT2D eigenvalue weighted by molar-refractivity contribution is -0.115. The molecule has 0 spiro atoms. The monoisotopic (exact) mass is 200 g/mol. The summed E-state index contributed by atoms with van der Waals surface area (Å²) in [5.41, 5.74) is 1.32. The number of rotatable bonds is 1. The molecule has 1 aliphatic carbocycles. The van der Waals surface area contributed by atoms with Gasteiger partial charge in [0, 0.05) is 10.8 Å². The van der Waals surface area contributed by atoms with Crippen molar-refractivity contribution in [3.63, 3.8) is 0 Å². The van der Waals surface area contributed by atoms with Crippen LogP contribution in [-0.4, -0.2) is 5.24 Å². The molecule has 0 saturated carbocycles. The van der Waals surface area contributed by atoms with E-state index in [1.54, 1.807) is 11.3 Å². The number of hydrogen-bond acceptors (Lipinski definition) is 2. The highest BCUT2D eigenvalue weighted by atomic mass is 35.5. The topological polar surface area (TPSA) is 17.1 Å². The van der Waals surface area contributed by atoms with E-state index in [0.717, 1.165) is 19.3 Å². The van der Waals surface area contributed by atoms with E-state index >= 15 is 0 Å². The zero-order valence-corrected chi connectivity index (χ0v) is 8.12. The standard InChI is InChI=1S/C9H9ClOS/c10-9(11)7-1-2-8-6(5-7)3-4-12-8/h3-4,7H,1-2,5H2. The molecule has 0 amide bonds. The molecule has 0 aromatic carbocycles. The molecule has 64 valence electrons. The van der Waals surface area contributed by atoms with Crippen LogP contribution in [0.15, 0.2) is 11.4 Å². The largest absolute Gasteiger partial charge is 0.281 e. The summed E-state index contributed by atoms with van der Waals surface area (Å²) in [6, 6.07) is 2.10. The minimum Gasteiger partial charge on any atom is -0.281 e. The maximum Gasteiger partial charge on any atom is 0.225 e. The maximum atomic E-state index is 10.9. The van der Waals surface area contributed by atoms with Crippen molar-refractivity contribution in [2.24, 2.45) is 5.92 Å². The third kappa shape index (κ3) is 1.41. The van der Waals surface area contributed by atoms with Gasteiger partial charge in [-0.25, -0.2) is 0 Å². The average molecular weight is 201 g/mol. The van der Waals surface area contributed by atoms with Gasteiger partial charge in [0.2, 0.25) is 5.24 Å². The quantitative estimate of drug-likeness (QED) is 0.637. The van der Waals surface area contributed by atoms with E-state index in [2.05, 4.69) is 11.4 Å². The van der Waals surface area contributed by atoms with Gasteiger partial charge in [-0.2, -0.15) is 0 Å². The van der Waals surface area contributed by atoms with E-state index in [1.807, 2.05) is 0 Å². The van der Waals surface area contributed by atoms with E-state index in [4.69, 9.17) is 11.6 Å². The Hall–Kier alpha value is -0.340. The molecule has 2 rings (SSSR count). The van der Waals surface area contributed by atoms with Gasteiger partial charge in [-0.15, -0.1) is 11.3 Å². The minimum absolute atomic E-state index is 0.0637. The zero-order chi connectivity index (χ0) is 8.55. The lowest BCUT2D eigenvalue weighted by atomic mass is 9.90. The predicted octanol–water partition coefficient (Wildman–Crippen LogP) is 2.62. The Kier molecular flexibility index (Phi) is 2.20. The first-order valence-electron chi connectivity index (χ1n) is 4.02. The Bertz CT molecular complexity index is 305. The molecule has 0 bridgehead atoms. The van der Waals surface area contributed by atoms with Crippen LogP contribution in [0.1, 0.15) is 16.9 Å². The SMILES string of the molecule is O=C(Cl)C1CCc2sccc2C1. The molecule has 1 aliphatic rings. The zero-order valence-electron chi connectivity index (χ0n) is 6.55. The molecule has 1 unspecified atom stereocenters. The second kappa shape index (κ2) is 3.19. The number of carbonyl (C=O) groups excluding carboxylic acids is 1. The second-order valence-electron chi connectivity index (χ2n) is 3.11. The Balaban J connectivity index is 2.20. The average Bonchev–Trinajstić information content (AvgIpc) is 2.49. The smallest absolute Gasteiger partial charge is 0.225 e. The Morgan fingerprint density at radius 1 is 1.67 bits per heavy atom. The molecular weight excluding hydrogens is 192 g/mol. The number of fused-ring (bicyclic) bond motifs is 1. The molecule has 3 heteroatoms. The minimum atomic E-state index is -0.174. The van der Waals surface area contributed by atoms with Crippen LogP contribution < -0.4 is 0 Å². The van der Waals surface area contributed by atoms with Crippen molar-refractivity contribution >= 4 is 28.2 Å². The second-order valence-corrected chi connectivity index (χ2v) is 4.49. The fraction of sp³-hybridized carbons (Fsp3) is 0.444. The summed E-state index contributed by atoms with van der Waals surface area (Å²) in [5, 5.41) is 1.91. The summed E-state index contributed by atoms with van der Waals surface area (Å²) in [7, 11) is 0. The molecule has 0 radical (unpaired) electrons. The molecule has 0 fully saturated rings. The van der Waals surface area contributed by atoms with Gasteiger partial charge in [0.1, 0.15) is 0 Å². The number of halogens is 1. The van der Waals surface area contributed by atoms with Crippen LogP contribution in [0.2, 0.25) is 0 Å².